The third kappa shape index (κ3) is 2.89. The maximum atomic E-state index is 15.1. The number of nitrogens with zero attached hydrogens (tertiary/aromatic N) is 2. The standard InChI is InChI=1S/C20H25FN2O4/c1-12-10-22(8-6-20(12,26)11-24)18-15(21)9-14-16(25)5-7-23(13-3-4-13)17(14)19(18)27-2/h5,7,9,12-13,24,26H,3-4,6,8,10-11H2,1-2H3. The van der Waals surface area contributed by atoms with Crippen LogP contribution >= 0.6 is 0 Å². The Bertz CT molecular complexity index is 940. The molecule has 2 aromatic rings. The summed E-state index contributed by atoms with van der Waals surface area (Å²) in [6.45, 7) is 2.30. The van der Waals surface area contributed by atoms with E-state index in [1.54, 1.807) is 6.20 Å². The monoisotopic (exact) mass is 376 g/mol. The third-order valence-corrected chi connectivity index (χ3v) is 6.05. The first-order chi connectivity index (χ1) is 12.9. The molecule has 1 aromatic heterocycles. The van der Waals surface area contributed by atoms with Crippen LogP contribution in [0.25, 0.3) is 10.9 Å². The molecular formula is C20H25FN2O4. The second-order valence-corrected chi connectivity index (χ2v) is 7.81. The van der Waals surface area contributed by atoms with Crippen molar-refractivity contribution in [2.45, 2.75) is 37.8 Å². The number of hydrogen-bond donors (Lipinski definition) is 2. The topological polar surface area (TPSA) is 74.9 Å². The quantitative estimate of drug-likeness (QED) is 0.854. The molecule has 2 fully saturated rings. The number of hydrogen-bond acceptors (Lipinski definition) is 5. The fourth-order valence-electron chi connectivity index (χ4n) is 4.11. The minimum atomic E-state index is -1.16. The molecule has 6 nitrogen and oxygen atoms in total. The number of aliphatic hydroxyl groups excluding tert-OH is 1. The number of rotatable bonds is 4. The molecule has 4 rings (SSSR count). The smallest absolute Gasteiger partial charge is 0.189 e. The molecular weight excluding hydrogens is 351 g/mol. The number of anilines is 1. The fraction of sp³-hybridized carbons (Fsp3) is 0.550. The van der Waals surface area contributed by atoms with E-state index < -0.39 is 11.4 Å². The van der Waals surface area contributed by atoms with Crippen LogP contribution in [0.15, 0.2) is 23.1 Å². The van der Waals surface area contributed by atoms with E-state index in [-0.39, 0.29) is 18.0 Å². The van der Waals surface area contributed by atoms with Crippen LogP contribution in [0.1, 0.15) is 32.2 Å². The highest BCUT2D eigenvalue weighted by atomic mass is 19.1. The Hall–Kier alpha value is -2.12. The average molecular weight is 376 g/mol. The lowest BCUT2D eigenvalue weighted by molar-refractivity contribution is -0.0682. The van der Waals surface area contributed by atoms with Gasteiger partial charge in [0, 0.05) is 37.3 Å². The van der Waals surface area contributed by atoms with Crippen molar-refractivity contribution >= 4 is 16.6 Å². The predicted molar refractivity (Wildman–Crippen MR) is 101 cm³/mol. The van der Waals surface area contributed by atoms with E-state index in [1.807, 2.05) is 16.4 Å². The van der Waals surface area contributed by atoms with E-state index in [1.165, 1.54) is 19.2 Å². The van der Waals surface area contributed by atoms with Crippen molar-refractivity contribution in [2.75, 3.05) is 31.7 Å². The van der Waals surface area contributed by atoms with Gasteiger partial charge in [0.1, 0.15) is 5.69 Å². The first-order valence-electron chi connectivity index (χ1n) is 9.39. The summed E-state index contributed by atoms with van der Waals surface area (Å²) in [5.74, 6) is -0.389. The van der Waals surface area contributed by atoms with E-state index in [2.05, 4.69) is 0 Å². The van der Waals surface area contributed by atoms with Gasteiger partial charge in [-0.2, -0.15) is 0 Å². The van der Waals surface area contributed by atoms with Crippen molar-refractivity contribution in [2.24, 2.45) is 5.92 Å². The molecule has 0 radical (unpaired) electrons. The van der Waals surface area contributed by atoms with Crippen LogP contribution in [0.5, 0.6) is 5.75 Å². The normalized spacial score (nSPS) is 25.8. The van der Waals surface area contributed by atoms with Crippen LogP contribution in [-0.2, 0) is 0 Å². The number of aliphatic hydroxyl groups is 2. The molecule has 0 amide bonds. The number of benzene rings is 1. The molecule has 1 aliphatic carbocycles. The molecule has 1 saturated carbocycles. The summed E-state index contributed by atoms with van der Waals surface area (Å²) in [5.41, 5.74) is -0.448. The van der Waals surface area contributed by atoms with Crippen molar-refractivity contribution in [1.82, 2.24) is 4.57 Å². The summed E-state index contributed by atoms with van der Waals surface area (Å²) in [6.07, 6.45) is 4.14. The fourth-order valence-corrected chi connectivity index (χ4v) is 4.11. The number of halogens is 1. The minimum absolute atomic E-state index is 0.229. The maximum Gasteiger partial charge on any atom is 0.189 e. The number of methoxy groups -OCH3 is 1. The van der Waals surface area contributed by atoms with Gasteiger partial charge >= 0.3 is 0 Å². The van der Waals surface area contributed by atoms with Crippen molar-refractivity contribution in [1.29, 1.82) is 0 Å². The van der Waals surface area contributed by atoms with Gasteiger partial charge in [0.2, 0.25) is 0 Å². The van der Waals surface area contributed by atoms with Gasteiger partial charge in [0.25, 0.3) is 0 Å². The van der Waals surface area contributed by atoms with Gasteiger partial charge in [-0.25, -0.2) is 4.39 Å². The van der Waals surface area contributed by atoms with Crippen molar-refractivity contribution in [3.05, 3.63) is 34.4 Å². The van der Waals surface area contributed by atoms with Crippen LogP contribution in [-0.4, -0.2) is 47.2 Å². The van der Waals surface area contributed by atoms with Gasteiger partial charge in [-0.1, -0.05) is 6.92 Å². The number of aromatic nitrogens is 1. The second-order valence-electron chi connectivity index (χ2n) is 7.81. The zero-order chi connectivity index (χ0) is 19.3. The van der Waals surface area contributed by atoms with Gasteiger partial charge in [-0.15, -0.1) is 0 Å². The van der Waals surface area contributed by atoms with Gasteiger partial charge in [0.05, 0.1) is 30.2 Å². The van der Waals surface area contributed by atoms with E-state index in [9.17, 15) is 15.0 Å². The predicted octanol–water partition coefficient (Wildman–Crippen LogP) is 2.05. The van der Waals surface area contributed by atoms with Crippen molar-refractivity contribution in [3.63, 3.8) is 0 Å². The molecule has 2 aliphatic rings. The van der Waals surface area contributed by atoms with Crippen LogP contribution in [0, 0.1) is 11.7 Å². The summed E-state index contributed by atoms with van der Waals surface area (Å²) < 4.78 is 22.7. The Labute approximate surface area is 156 Å². The summed E-state index contributed by atoms with van der Waals surface area (Å²) in [6, 6.07) is 3.08. The molecule has 0 bridgehead atoms. The second kappa shape index (κ2) is 6.49. The number of pyridine rings is 1. The Balaban J connectivity index is 1.88. The van der Waals surface area contributed by atoms with Crippen LogP contribution in [0.3, 0.4) is 0 Å². The van der Waals surface area contributed by atoms with Gasteiger partial charge in [0.15, 0.2) is 17.0 Å². The molecule has 7 heteroatoms. The maximum absolute atomic E-state index is 15.1. The first kappa shape index (κ1) is 18.3. The number of fused-ring (bicyclic) bond motifs is 1. The Kier molecular flexibility index (Phi) is 4.39. The van der Waals surface area contributed by atoms with Gasteiger partial charge in [-0.05, 0) is 25.3 Å². The average Bonchev–Trinajstić information content (AvgIpc) is 3.49. The molecule has 1 saturated heterocycles. The van der Waals surface area contributed by atoms with Crippen molar-refractivity contribution < 1.29 is 19.3 Å². The van der Waals surface area contributed by atoms with E-state index >= 15 is 4.39 Å². The third-order valence-electron chi connectivity index (χ3n) is 6.05. The van der Waals surface area contributed by atoms with E-state index in [0.29, 0.717) is 47.9 Å². The molecule has 1 aliphatic heterocycles. The summed E-state index contributed by atoms with van der Waals surface area (Å²) in [4.78, 5) is 14.2. The zero-order valence-electron chi connectivity index (χ0n) is 15.6. The van der Waals surface area contributed by atoms with Crippen LogP contribution in [0.4, 0.5) is 10.1 Å². The largest absolute Gasteiger partial charge is 0.492 e. The van der Waals surface area contributed by atoms with Gasteiger partial charge < -0.3 is 24.4 Å². The summed E-state index contributed by atoms with van der Waals surface area (Å²) in [7, 11) is 1.49. The minimum Gasteiger partial charge on any atom is -0.492 e. The first-order valence-corrected chi connectivity index (χ1v) is 9.39. The van der Waals surface area contributed by atoms with E-state index in [0.717, 1.165) is 12.8 Å². The highest BCUT2D eigenvalue weighted by molar-refractivity contribution is 5.91. The Morgan fingerprint density at radius 2 is 2.15 bits per heavy atom. The summed E-state index contributed by atoms with van der Waals surface area (Å²) in [5, 5.41) is 20.3. The lowest BCUT2D eigenvalue weighted by Gasteiger charge is -2.43. The van der Waals surface area contributed by atoms with Gasteiger partial charge in [-0.3, -0.25) is 4.79 Å². The Morgan fingerprint density at radius 3 is 2.74 bits per heavy atom. The lowest BCUT2D eigenvalue weighted by atomic mass is 9.82. The molecule has 146 valence electrons. The van der Waals surface area contributed by atoms with Crippen LogP contribution < -0.4 is 15.1 Å². The van der Waals surface area contributed by atoms with Crippen LogP contribution in [0.2, 0.25) is 0 Å². The zero-order valence-corrected chi connectivity index (χ0v) is 15.6. The number of ether oxygens (including phenoxy) is 1. The molecule has 2 unspecified atom stereocenters. The SMILES string of the molecule is COc1c(N2CCC(O)(CO)C(C)C2)c(F)cc2c(=O)ccn(C3CC3)c12. The van der Waals surface area contributed by atoms with Crippen molar-refractivity contribution in [3.8, 4) is 5.75 Å². The van der Waals surface area contributed by atoms with E-state index in [4.69, 9.17) is 4.74 Å². The lowest BCUT2D eigenvalue weighted by Crippen LogP contribution is -2.53. The molecule has 2 N–H and O–H groups in total. The molecule has 0 spiro atoms. The number of piperidine rings is 1. The molecule has 1 aromatic carbocycles. The highest BCUT2D eigenvalue weighted by Crippen LogP contribution is 2.44. The highest BCUT2D eigenvalue weighted by Gasteiger charge is 2.40. The molecule has 2 heterocycles. The molecule has 2 atom stereocenters. The molecule has 27 heavy (non-hydrogen) atoms. The summed E-state index contributed by atoms with van der Waals surface area (Å²) >= 11 is 0. The Morgan fingerprint density at radius 1 is 1.41 bits per heavy atom.